The smallest absolute Gasteiger partial charge is 0.303 e. The molecule has 0 unspecified atom stereocenters. The predicted octanol–water partition coefficient (Wildman–Crippen LogP) is 3.25. The fourth-order valence-corrected chi connectivity index (χ4v) is 3.27. The van der Waals surface area contributed by atoms with Gasteiger partial charge in [0.25, 0.3) is 0 Å². The third-order valence-corrected chi connectivity index (χ3v) is 4.71. The van der Waals surface area contributed by atoms with E-state index < -0.39 is 18.2 Å². The van der Waals surface area contributed by atoms with Crippen LogP contribution in [0.3, 0.4) is 0 Å². The highest BCUT2D eigenvalue weighted by Gasteiger charge is 2.39. The zero-order chi connectivity index (χ0) is 18.7. The lowest BCUT2D eigenvalue weighted by atomic mass is 9.88. The van der Waals surface area contributed by atoms with E-state index in [4.69, 9.17) is 5.11 Å². The molecule has 0 spiro atoms. The van der Waals surface area contributed by atoms with Gasteiger partial charge >= 0.3 is 5.97 Å². The average molecular weight is 352 g/mol. The summed E-state index contributed by atoms with van der Waals surface area (Å²) >= 11 is 0. The normalized spacial score (nSPS) is 25.2. The van der Waals surface area contributed by atoms with Crippen LogP contribution >= 0.6 is 0 Å². The van der Waals surface area contributed by atoms with Crippen molar-refractivity contribution in [1.29, 1.82) is 0 Å². The van der Waals surface area contributed by atoms with E-state index in [2.05, 4.69) is 6.92 Å². The molecule has 4 atom stereocenters. The van der Waals surface area contributed by atoms with Crippen LogP contribution in [0.1, 0.15) is 64.7 Å². The second kappa shape index (κ2) is 12.0. The number of carboxylic acids is 1. The van der Waals surface area contributed by atoms with E-state index in [1.165, 1.54) is 0 Å². The summed E-state index contributed by atoms with van der Waals surface area (Å²) in [7, 11) is 0. The van der Waals surface area contributed by atoms with E-state index in [1.54, 1.807) is 12.2 Å². The Morgan fingerprint density at radius 3 is 2.72 bits per heavy atom. The number of hydrogen-bond acceptors (Lipinski definition) is 4. The highest BCUT2D eigenvalue weighted by Crippen LogP contribution is 2.34. The Hall–Kier alpha value is -1.46. The third kappa shape index (κ3) is 8.45. The first kappa shape index (κ1) is 21.6. The Kier molecular flexibility index (Phi) is 10.3. The third-order valence-electron chi connectivity index (χ3n) is 4.71. The fourth-order valence-electron chi connectivity index (χ4n) is 3.27. The van der Waals surface area contributed by atoms with Gasteiger partial charge < -0.3 is 15.3 Å². The molecule has 0 aromatic heterocycles. The van der Waals surface area contributed by atoms with E-state index in [9.17, 15) is 19.8 Å². The van der Waals surface area contributed by atoms with Crippen molar-refractivity contribution < 1.29 is 24.9 Å². The Labute approximate surface area is 150 Å². The number of rotatable bonds is 12. The van der Waals surface area contributed by atoms with Crippen molar-refractivity contribution in [2.45, 2.75) is 76.9 Å². The van der Waals surface area contributed by atoms with Crippen molar-refractivity contribution in [3.8, 4) is 0 Å². The maximum Gasteiger partial charge on any atom is 0.303 e. The van der Waals surface area contributed by atoms with Gasteiger partial charge in [0.05, 0.1) is 12.2 Å². The van der Waals surface area contributed by atoms with Crippen LogP contribution in [-0.2, 0) is 9.59 Å². The van der Waals surface area contributed by atoms with Crippen LogP contribution in [0.5, 0.6) is 0 Å². The van der Waals surface area contributed by atoms with E-state index in [0.29, 0.717) is 19.3 Å². The second-order valence-electron chi connectivity index (χ2n) is 6.86. The molecule has 0 heterocycles. The van der Waals surface area contributed by atoms with E-state index in [0.717, 1.165) is 25.7 Å². The Morgan fingerprint density at radius 2 is 2.04 bits per heavy atom. The summed E-state index contributed by atoms with van der Waals surface area (Å²) in [6.45, 7) is 2.12. The zero-order valence-corrected chi connectivity index (χ0v) is 15.1. The number of Topliss-reactive ketones (excluding diaryl/α,β-unsaturated/α-hetero) is 1. The molecule has 5 heteroatoms. The van der Waals surface area contributed by atoms with Crippen LogP contribution in [0.15, 0.2) is 24.3 Å². The average Bonchev–Trinajstić information content (AvgIpc) is 2.82. The van der Waals surface area contributed by atoms with Gasteiger partial charge in [0.1, 0.15) is 5.78 Å². The lowest BCUT2D eigenvalue weighted by molar-refractivity contribution is -0.137. The van der Waals surface area contributed by atoms with Gasteiger partial charge in [-0.25, -0.2) is 0 Å². The van der Waals surface area contributed by atoms with Gasteiger partial charge in [-0.3, -0.25) is 9.59 Å². The minimum atomic E-state index is -0.797. The first-order valence-corrected chi connectivity index (χ1v) is 9.39. The maximum atomic E-state index is 12.0. The van der Waals surface area contributed by atoms with Crippen molar-refractivity contribution in [3.63, 3.8) is 0 Å². The molecule has 0 bridgehead atoms. The summed E-state index contributed by atoms with van der Waals surface area (Å²) in [6.07, 6.45) is 11.9. The molecule has 5 nitrogen and oxygen atoms in total. The molecule has 0 aromatic carbocycles. The molecular formula is C20H32O5. The van der Waals surface area contributed by atoms with Crippen molar-refractivity contribution in [2.24, 2.45) is 11.8 Å². The van der Waals surface area contributed by atoms with Crippen LogP contribution in [0, 0.1) is 11.8 Å². The topological polar surface area (TPSA) is 94.8 Å². The van der Waals surface area contributed by atoms with Crippen molar-refractivity contribution in [2.75, 3.05) is 0 Å². The molecule has 1 fully saturated rings. The van der Waals surface area contributed by atoms with E-state index in [-0.39, 0.29) is 30.5 Å². The molecule has 0 amide bonds. The van der Waals surface area contributed by atoms with Crippen molar-refractivity contribution >= 4 is 11.8 Å². The number of hydrogen-bond donors (Lipinski definition) is 3. The molecular weight excluding hydrogens is 320 g/mol. The van der Waals surface area contributed by atoms with Crippen LogP contribution < -0.4 is 0 Å². The van der Waals surface area contributed by atoms with Crippen LogP contribution in [0.2, 0.25) is 0 Å². The SMILES string of the molecule is CCCCC[C@H]1C(=O)C[C@@H](O)[C@@H]1/C=C/[C@@H](O)C/C=C\CCCC(=O)O. The predicted molar refractivity (Wildman–Crippen MR) is 97.1 cm³/mol. The summed E-state index contributed by atoms with van der Waals surface area (Å²) in [4.78, 5) is 22.4. The first-order chi connectivity index (χ1) is 12.0. The Morgan fingerprint density at radius 1 is 1.28 bits per heavy atom. The summed E-state index contributed by atoms with van der Waals surface area (Å²) in [5.41, 5.74) is 0. The summed E-state index contributed by atoms with van der Waals surface area (Å²) in [5, 5.41) is 28.7. The first-order valence-electron chi connectivity index (χ1n) is 9.39. The van der Waals surface area contributed by atoms with Gasteiger partial charge in [-0.15, -0.1) is 0 Å². The van der Waals surface area contributed by atoms with Crippen molar-refractivity contribution in [3.05, 3.63) is 24.3 Å². The number of aliphatic hydroxyl groups is 2. The number of aliphatic carboxylic acids is 1. The number of aliphatic hydroxyl groups excluding tert-OH is 2. The molecule has 0 saturated heterocycles. The van der Waals surface area contributed by atoms with Gasteiger partial charge in [0.15, 0.2) is 0 Å². The molecule has 1 aliphatic carbocycles. The summed E-state index contributed by atoms with van der Waals surface area (Å²) < 4.78 is 0. The molecule has 1 aliphatic rings. The Balaban J connectivity index is 2.41. The van der Waals surface area contributed by atoms with Crippen LogP contribution in [-0.4, -0.2) is 39.3 Å². The molecule has 1 saturated carbocycles. The highest BCUT2D eigenvalue weighted by atomic mass is 16.4. The van der Waals surface area contributed by atoms with Gasteiger partial charge in [-0.1, -0.05) is 50.5 Å². The van der Waals surface area contributed by atoms with Crippen molar-refractivity contribution in [1.82, 2.24) is 0 Å². The molecule has 1 rings (SSSR count). The van der Waals surface area contributed by atoms with Gasteiger partial charge in [0, 0.05) is 24.7 Å². The van der Waals surface area contributed by atoms with Gasteiger partial charge in [-0.2, -0.15) is 0 Å². The van der Waals surface area contributed by atoms with Gasteiger partial charge in [-0.05, 0) is 25.7 Å². The lowest BCUT2D eigenvalue weighted by Crippen LogP contribution is -2.19. The molecule has 25 heavy (non-hydrogen) atoms. The Bertz CT molecular complexity index is 469. The van der Waals surface area contributed by atoms with Gasteiger partial charge in [0.2, 0.25) is 0 Å². The monoisotopic (exact) mass is 352 g/mol. The van der Waals surface area contributed by atoms with Crippen LogP contribution in [0.4, 0.5) is 0 Å². The fraction of sp³-hybridized carbons (Fsp3) is 0.700. The van der Waals surface area contributed by atoms with Crippen LogP contribution in [0.25, 0.3) is 0 Å². The standard InChI is InChI=1S/C20H32O5/c1-2-3-6-10-16-17(19(23)14-18(16)22)13-12-15(21)9-7-4-5-8-11-20(24)25/h4,7,12-13,15-17,19,21,23H,2-3,5-6,8-11,14H2,1H3,(H,24,25)/b7-4-,13-12+/t15-,16+,17+,19+/m0/s1. The molecule has 142 valence electrons. The van der Waals surface area contributed by atoms with E-state index in [1.807, 2.05) is 12.2 Å². The maximum absolute atomic E-state index is 12.0. The zero-order valence-electron chi connectivity index (χ0n) is 15.1. The largest absolute Gasteiger partial charge is 0.481 e. The molecule has 0 aromatic rings. The number of carbonyl (C=O) groups is 2. The lowest BCUT2D eigenvalue weighted by Gasteiger charge is -2.17. The number of carbonyl (C=O) groups excluding carboxylic acids is 1. The second-order valence-corrected chi connectivity index (χ2v) is 6.86. The van der Waals surface area contributed by atoms with E-state index >= 15 is 0 Å². The summed E-state index contributed by atoms with van der Waals surface area (Å²) in [6, 6.07) is 0. The highest BCUT2D eigenvalue weighted by molar-refractivity contribution is 5.84. The number of unbranched alkanes of at least 4 members (excludes halogenated alkanes) is 3. The number of allylic oxidation sites excluding steroid dienone is 1. The summed E-state index contributed by atoms with van der Waals surface area (Å²) in [5.74, 6) is -0.990. The quantitative estimate of drug-likeness (QED) is 0.370. The number of ketones is 1. The number of carboxylic acid groups (broad SMARTS) is 1. The minimum absolute atomic E-state index is 0.128. The molecule has 3 N–H and O–H groups in total. The molecule has 0 radical (unpaired) electrons. The minimum Gasteiger partial charge on any atom is -0.481 e. The molecule has 0 aliphatic heterocycles.